The van der Waals surface area contributed by atoms with E-state index >= 15 is 0 Å². The normalized spacial score (nSPS) is 19.6. The summed E-state index contributed by atoms with van der Waals surface area (Å²) in [6.07, 6.45) is 4.40. The maximum atomic E-state index is 6.13. The predicted octanol–water partition coefficient (Wildman–Crippen LogP) is 8.14. The van der Waals surface area contributed by atoms with E-state index in [0.717, 1.165) is 0 Å². The predicted molar refractivity (Wildman–Crippen MR) is 109 cm³/mol. The molecule has 0 heterocycles. The summed E-state index contributed by atoms with van der Waals surface area (Å²) in [5.74, 6) is 0. The van der Waals surface area contributed by atoms with E-state index in [1.807, 2.05) is 0 Å². The molecule has 0 amide bonds. The van der Waals surface area contributed by atoms with Gasteiger partial charge in [-0.2, -0.15) is 0 Å². The third-order valence-electron chi connectivity index (χ3n) is 4.73. The Bertz CT molecular complexity index is 787. The molecule has 0 radical (unpaired) electrons. The van der Waals surface area contributed by atoms with Crippen molar-refractivity contribution in [2.45, 2.75) is 21.1 Å². The van der Waals surface area contributed by atoms with Gasteiger partial charge in [0.2, 0.25) is 0 Å². The molecule has 2 atom stereocenters. The van der Waals surface area contributed by atoms with Gasteiger partial charge in [0.25, 0.3) is 0 Å². The van der Waals surface area contributed by atoms with Gasteiger partial charge in [0.1, 0.15) is 0 Å². The number of halogens is 4. The van der Waals surface area contributed by atoms with Gasteiger partial charge in [-0.15, -0.1) is 0 Å². The van der Waals surface area contributed by atoms with E-state index in [4.69, 9.17) is 34.1 Å². The van der Waals surface area contributed by atoms with Gasteiger partial charge in [-0.25, -0.2) is 0 Å². The van der Waals surface area contributed by atoms with E-state index < -0.39 is 38.7 Å². The second-order valence-electron chi connectivity index (χ2n) is 6.48. The van der Waals surface area contributed by atoms with Crippen molar-refractivity contribution in [3.63, 3.8) is 0 Å². The standard InChI is InChI=1S/2C10H9.4ClH.2Zr/c2*1-8-6-9-4-2-3-5-10(9)7-8;;;;;;/h2*2-7H,1H3;4*1H;;/q;;;;;;2*+2/p-4. The molecule has 6 heteroatoms. The van der Waals surface area contributed by atoms with E-state index in [1.54, 1.807) is 0 Å². The zero-order chi connectivity index (χ0) is 18.8. The average Bonchev–Trinajstić information content (AvgIpc) is 3.10. The van der Waals surface area contributed by atoms with Gasteiger partial charge in [-0.05, 0) is 0 Å². The first-order valence-electron chi connectivity index (χ1n) is 8.30. The summed E-state index contributed by atoms with van der Waals surface area (Å²) in [5, 5.41) is 0. The summed E-state index contributed by atoms with van der Waals surface area (Å²) in [6.45, 7) is 4.24. The van der Waals surface area contributed by atoms with Crippen molar-refractivity contribution in [1.82, 2.24) is 0 Å². The van der Waals surface area contributed by atoms with E-state index in [9.17, 15) is 0 Å². The van der Waals surface area contributed by atoms with E-state index in [-0.39, 0.29) is 0 Å². The Morgan fingerprint density at radius 1 is 0.615 bits per heavy atom. The fourth-order valence-electron chi connectivity index (χ4n) is 3.54. The topological polar surface area (TPSA) is 0 Å². The van der Waals surface area contributed by atoms with E-state index in [2.05, 4.69) is 74.5 Å². The van der Waals surface area contributed by atoms with Crippen LogP contribution in [0, 0.1) is 0 Å². The van der Waals surface area contributed by atoms with Gasteiger partial charge >= 0.3 is 188 Å². The number of allylic oxidation sites excluding steroid dienone is 2. The van der Waals surface area contributed by atoms with Crippen LogP contribution >= 0.6 is 34.1 Å². The second-order valence-corrected chi connectivity index (χ2v) is 24.1. The summed E-state index contributed by atoms with van der Waals surface area (Å²) in [7, 11) is 24.5. The van der Waals surface area contributed by atoms with Crippen molar-refractivity contribution in [2.75, 3.05) is 0 Å². The first-order chi connectivity index (χ1) is 12.4. The zero-order valence-electron chi connectivity index (χ0n) is 14.4. The fourth-order valence-corrected chi connectivity index (χ4v) is 14.9. The molecule has 0 spiro atoms. The summed E-state index contributed by atoms with van der Waals surface area (Å²) in [6, 6.07) is 16.7. The molecule has 0 aliphatic heterocycles. The number of benzene rings is 2. The van der Waals surface area contributed by atoms with Crippen LogP contribution in [-0.4, -0.2) is 0 Å². The molecule has 0 bridgehead atoms. The van der Waals surface area contributed by atoms with Gasteiger partial charge in [0.05, 0.1) is 0 Å². The minimum absolute atomic E-state index is 0.377. The molecule has 0 N–H and O–H groups in total. The Hall–Kier alpha value is 0.846. The molecule has 2 unspecified atom stereocenters. The number of fused-ring (bicyclic) bond motifs is 2. The van der Waals surface area contributed by atoms with Gasteiger partial charge in [0, 0.05) is 0 Å². The van der Waals surface area contributed by atoms with Crippen molar-refractivity contribution < 1.29 is 38.7 Å². The van der Waals surface area contributed by atoms with Crippen molar-refractivity contribution in [2.24, 2.45) is 0 Å². The van der Waals surface area contributed by atoms with Crippen LogP contribution < -0.4 is 0 Å². The van der Waals surface area contributed by atoms with Crippen LogP contribution in [0.5, 0.6) is 0 Å². The molecule has 134 valence electrons. The van der Waals surface area contributed by atoms with Crippen molar-refractivity contribution in [1.29, 1.82) is 0 Å². The molecule has 2 aromatic carbocycles. The maximum absolute atomic E-state index is 6.13. The molecule has 2 aliphatic rings. The second kappa shape index (κ2) is 9.56. The van der Waals surface area contributed by atoms with Gasteiger partial charge < -0.3 is 0 Å². The summed E-state index contributed by atoms with van der Waals surface area (Å²) >= 11 is -4.36. The molecule has 4 rings (SSSR count). The van der Waals surface area contributed by atoms with E-state index in [1.165, 1.54) is 33.4 Å². The van der Waals surface area contributed by atoms with Gasteiger partial charge in [-0.1, -0.05) is 0 Å². The Labute approximate surface area is 185 Å². The Balaban J connectivity index is 0.000000151. The molecule has 26 heavy (non-hydrogen) atoms. The molecule has 2 aromatic rings. The minimum atomic E-state index is -2.18. The Morgan fingerprint density at radius 3 is 1.31 bits per heavy atom. The number of hydrogen-bond donors (Lipinski definition) is 0. The molecular formula is C20H18Cl4Zr2. The van der Waals surface area contributed by atoms with Crippen LogP contribution in [0.15, 0.2) is 59.7 Å². The van der Waals surface area contributed by atoms with Crippen LogP contribution in [0.25, 0.3) is 12.2 Å². The monoisotopic (exact) mass is 578 g/mol. The van der Waals surface area contributed by atoms with Crippen molar-refractivity contribution in [3.05, 3.63) is 81.9 Å². The summed E-state index contributed by atoms with van der Waals surface area (Å²) < 4.78 is 0.754. The van der Waals surface area contributed by atoms with Crippen LogP contribution in [-0.2, 0) is 38.7 Å². The van der Waals surface area contributed by atoms with Crippen LogP contribution in [0.4, 0.5) is 0 Å². The van der Waals surface area contributed by atoms with Crippen LogP contribution in [0.2, 0.25) is 0 Å². The van der Waals surface area contributed by atoms with Gasteiger partial charge in [0.15, 0.2) is 0 Å². The van der Waals surface area contributed by atoms with Crippen LogP contribution in [0.3, 0.4) is 0 Å². The summed E-state index contributed by atoms with van der Waals surface area (Å²) in [5.41, 5.74) is 7.92. The quantitative estimate of drug-likeness (QED) is 0.335. The molecule has 0 saturated heterocycles. The van der Waals surface area contributed by atoms with Gasteiger partial charge in [-0.3, -0.25) is 0 Å². The molecule has 2 aliphatic carbocycles. The molecule has 0 aromatic heterocycles. The van der Waals surface area contributed by atoms with Crippen LogP contribution in [0.1, 0.15) is 43.4 Å². The molecule has 0 nitrogen and oxygen atoms in total. The molecular weight excluding hydrogens is 564 g/mol. The average molecular weight is 583 g/mol. The first-order valence-corrected chi connectivity index (χ1v) is 23.8. The first kappa shape index (κ1) is 21.6. The van der Waals surface area contributed by atoms with E-state index in [0.29, 0.717) is 7.25 Å². The SMILES string of the molecule is CC1=Cc2ccccc2[CH]1[Zr]([Cl])[Cl].CC1=Cc2ccccc2[CH]1[Zr]([Cl])[Cl]. The summed E-state index contributed by atoms with van der Waals surface area (Å²) in [4.78, 5) is 0. The Morgan fingerprint density at radius 2 is 0.962 bits per heavy atom. The number of hydrogen-bond acceptors (Lipinski definition) is 0. The zero-order valence-corrected chi connectivity index (χ0v) is 22.4. The van der Waals surface area contributed by atoms with Crippen molar-refractivity contribution >= 4 is 46.2 Å². The molecule has 0 saturated carbocycles. The third kappa shape index (κ3) is 4.70. The molecule has 0 fully saturated rings. The van der Waals surface area contributed by atoms with Crippen molar-refractivity contribution in [3.8, 4) is 0 Å². The number of rotatable bonds is 2. The third-order valence-corrected chi connectivity index (χ3v) is 15.8. The Kier molecular flexibility index (Phi) is 7.93. The fraction of sp³-hybridized carbons (Fsp3) is 0.200.